The first-order valence-corrected chi connectivity index (χ1v) is 14.9. The van der Waals surface area contributed by atoms with Crippen LogP contribution in [-0.2, 0) is 9.84 Å². The first kappa shape index (κ1) is 25.2. The lowest BCUT2D eigenvalue weighted by Crippen LogP contribution is -2.41. The molecule has 3 aromatic heterocycles. The van der Waals surface area contributed by atoms with Crippen molar-refractivity contribution in [3.05, 3.63) is 60.7 Å². The van der Waals surface area contributed by atoms with Crippen molar-refractivity contribution in [2.45, 2.75) is 36.7 Å². The molecule has 2 aliphatic rings. The van der Waals surface area contributed by atoms with E-state index in [-0.39, 0.29) is 16.9 Å². The van der Waals surface area contributed by atoms with Crippen LogP contribution in [0.1, 0.15) is 36.0 Å². The van der Waals surface area contributed by atoms with Gasteiger partial charge in [0.1, 0.15) is 23.6 Å². The van der Waals surface area contributed by atoms with Gasteiger partial charge in [0.05, 0.1) is 22.3 Å². The second-order valence-electron chi connectivity index (χ2n) is 9.95. The third-order valence-electron chi connectivity index (χ3n) is 7.27. The topological polar surface area (TPSA) is 123 Å². The third-order valence-corrected chi connectivity index (χ3v) is 8.40. The predicted octanol–water partition coefficient (Wildman–Crippen LogP) is 2.90. The molecule has 2 aliphatic heterocycles. The fourth-order valence-corrected chi connectivity index (χ4v) is 5.73. The number of carbonyl (C=O) groups is 1. The molecule has 4 aromatic rings. The zero-order chi connectivity index (χ0) is 27.0. The van der Waals surface area contributed by atoms with E-state index in [1.807, 2.05) is 17.0 Å². The van der Waals surface area contributed by atoms with Crippen molar-refractivity contribution in [3.63, 3.8) is 0 Å². The Hall–Kier alpha value is -4.06. The number of sulfone groups is 1. The Morgan fingerprint density at radius 2 is 1.67 bits per heavy atom. The minimum Gasteiger partial charge on any atom is -0.474 e. The fraction of sp³-hybridized carbons (Fsp3) is 0.370. The van der Waals surface area contributed by atoms with Crippen LogP contribution >= 0.6 is 0 Å². The molecular formula is C27H29N7O4S. The van der Waals surface area contributed by atoms with E-state index >= 15 is 0 Å². The summed E-state index contributed by atoms with van der Waals surface area (Å²) in [5.41, 5.74) is 1.84. The zero-order valence-electron chi connectivity index (χ0n) is 21.6. The molecule has 0 radical (unpaired) electrons. The Morgan fingerprint density at radius 3 is 2.33 bits per heavy atom. The number of amides is 1. The highest BCUT2D eigenvalue weighted by molar-refractivity contribution is 7.90. The van der Waals surface area contributed by atoms with Crippen LogP contribution < -0.4 is 9.64 Å². The molecule has 0 N–H and O–H groups in total. The van der Waals surface area contributed by atoms with Crippen molar-refractivity contribution in [1.29, 1.82) is 0 Å². The first-order valence-electron chi connectivity index (χ1n) is 13.0. The molecule has 1 amide bonds. The SMILES string of the molecule is CS(=O)(=O)c1ccc(-n2ncc3c(OC4CCN(C(=O)c5ccc(N6CCCC6)nc5)CC4)ncnc32)cc1. The number of likely N-dealkylation sites (tertiary alicyclic amines) is 1. The van der Waals surface area contributed by atoms with Crippen LogP contribution in [0.15, 0.2) is 60.0 Å². The Kier molecular flexibility index (Phi) is 6.63. The maximum absolute atomic E-state index is 13.1. The van der Waals surface area contributed by atoms with Gasteiger partial charge in [-0.25, -0.2) is 28.1 Å². The van der Waals surface area contributed by atoms with Gasteiger partial charge in [0, 0.05) is 51.5 Å². The van der Waals surface area contributed by atoms with Gasteiger partial charge in [0.2, 0.25) is 5.88 Å². The standard InChI is InChI=1S/C27H29N7O4S/c1-39(36,37)22-7-5-20(6-8-22)34-25-23(17-31-34)26(30-18-29-25)38-21-10-14-33(15-11-21)27(35)19-4-9-24(28-16-19)32-12-2-3-13-32/h4-9,16-18,21H,2-3,10-15H2,1H3. The fourth-order valence-electron chi connectivity index (χ4n) is 5.10. The average Bonchev–Trinajstić information content (AvgIpc) is 3.64. The van der Waals surface area contributed by atoms with Gasteiger partial charge < -0.3 is 14.5 Å². The van der Waals surface area contributed by atoms with Crippen molar-refractivity contribution >= 4 is 32.6 Å². The van der Waals surface area contributed by atoms with Crippen molar-refractivity contribution in [2.24, 2.45) is 0 Å². The van der Waals surface area contributed by atoms with Gasteiger partial charge in [-0.15, -0.1) is 0 Å². The maximum atomic E-state index is 13.1. The van der Waals surface area contributed by atoms with Gasteiger partial charge in [0.25, 0.3) is 5.91 Å². The summed E-state index contributed by atoms with van der Waals surface area (Å²) in [6.45, 7) is 3.20. The summed E-state index contributed by atoms with van der Waals surface area (Å²) < 4.78 is 31.4. The summed E-state index contributed by atoms with van der Waals surface area (Å²) in [6, 6.07) is 10.3. The third kappa shape index (κ3) is 5.16. The van der Waals surface area contributed by atoms with Gasteiger partial charge in [0.15, 0.2) is 15.5 Å². The number of piperidine rings is 1. The molecule has 5 heterocycles. The molecule has 2 fully saturated rings. The minimum atomic E-state index is -3.29. The van der Waals surface area contributed by atoms with Crippen molar-refractivity contribution in [1.82, 2.24) is 29.6 Å². The van der Waals surface area contributed by atoms with Crippen molar-refractivity contribution in [3.8, 4) is 11.6 Å². The normalized spacial score (nSPS) is 16.6. The summed E-state index contributed by atoms with van der Waals surface area (Å²) in [5.74, 6) is 1.36. The maximum Gasteiger partial charge on any atom is 0.255 e. The van der Waals surface area contributed by atoms with Crippen molar-refractivity contribution in [2.75, 3.05) is 37.3 Å². The lowest BCUT2D eigenvalue weighted by molar-refractivity contribution is 0.0590. The molecule has 2 saturated heterocycles. The molecule has 39 heavy (non-hydrogen) atoms. The van der Waals surface area contributed by atoms with Crippen LogP contribution in [0.4, 0.5) is 5.82 Å². The summed E-state index contributed by atoms with van der Waals surface area (Å²) in [4.78, 5) is 30.6. The lowest BCUT2D eigenvalue weighted by atomic mass is 10.1. The van der Waals surface area contributed by atoms with Gasteiger partial charge in [-0.1, -0.05) is 0 Å². The number of benzene rings is 1. The molecule has 0 saturated carbocycles. The molecule has 0 spiro atoms. The monoisotopic (exact) mass is 547 g/mol. The smallest absolute Gasteiger partial charge is 0.255 e. The van der Waals surface area contributed by atoms with Crippen LogP contribution in [0.5, 0.6) is 5.88 Å². The summed E-state index contributed by atoms with van der Waals surface area (Å²) in [7, 11) is -3.29. The van der Waals surface area contributed by atoms with Gasteiger partial charge in [-0.3, -0.25) is 4.79 Å². The number of carbonyl (C=O) groups excluding carboxylic acids is 1. The number of nitrogens with zero attached hydrogens (tertiary/aromatic N) is 7. The molecule has 1 aromatic carbocycles. The largest absolute Gasteiger partial charge is 0.474 e. The molecular weight excluding hydrogens is 518 g/mol. The predicted molar refractivity (Wildman–Crippen MR) is 145 cm³/mol. The van der Waals surface area contributed by atoms with Gasteiger partial charge in [-0.05, 0) is 49.2 Å². The van der Waals surface area contributed by atoms with Crippen LogP contribution in [0.2, 0.25) is 0 Å². The Bertz CT molecular complexity index is 1590. The molecule has 202 valence electrons. The highest BCUT2D eigenvalue weighted by Crippen LogP contribution is 2.27. The molecule has 0 atom stereocenters. The second-order valence-corrected chi connectivity index (χ2v) is 12.0. The number of anilines is 1. The Morgan fingerprint density at radius 1 is 0.923 bits per heavy atom. The zero-order valence-corrected chi connectivity index (χ0v) is 22.4. The lowest BCUT2D eigenvalue weighted by Gasteiger charge is -2.32. The van der Waals surface area contributed by atoms with Crippen LogP contribution in [0.25, 0.3) is 16.7 Å². The molecule has 11 nitrogen and oxygen atoms in total. The number of fused-ring (bicyclic) bond motifs is 1. The average molecular weight is 548 g/mol. The number of hydrogen-bond acceptors (Lipinski definition) is 9. The number of pyridine rings is 1. The van der Waals surface area contributed by atoms with E-state index in [4.69, 9.17) is 4.74 Å². The molecule has 0 aliphatic carbocycles. The minimum absolute atomic E-state index is 0.0125. The molecule has 12 heteroatoms. The Balaban J connectivity index is 1.10. The highest BCUT2D eigenvalue weighted by Gasteiger charge is 2.26. The van der Waals surface area contributed by atoms with Crippen LogP contribution in [0, 0.1) is 0 Å². The van der Waals surface area contributed by atoms with Crippen LogP contribution in [-0.4, -0.2) is 82.5 Å². The molecule has 0 bridgehead atoms. The van der Waals surface area contributed by atoms with E-state index in [0.717, 1.165) is 18.9 Å². The summed E-state index contributed by atoms with van der Waals surface area (Å²) in [5, 5.41) is 5.09. The van der Waals surface area contributed by atoms with Gasteiger partial charge >= 0.3 is 0 Å². The molecule has 0 unspecified atom stereocenters. The van der Waals surface area contributed by atoms with E-state index in [0.29, 0.717) is 54.1 Å². The number of ether oxygens (including phenoxy) is 1. The van der Waals surface area contributed by atoms with E-state index in [1.165, 1.54) is 25.4 Å². The van der Waals surface area contributed by atoms with Gasteiger partial charge in [-0.2, -0.15) is 5.10 Å². The number of rotatable bonds is 6. The number of hydrogen-bond donors (Lipinski definition) is 0. The number of aromatic nitrogens is 5. The van der Waals surface area contributed by atoms with Crippen molar-refractivity contribution < 1.29 is 17.9 Å². The summed E-state index contributed by atoms with van der Waals surface area (Å²) >= 11 is 0. The quantitative estimate of drug-likeness (QED) is 0.358. The first-order chi connectivity index (χ1) is 18.9. The molecule has 6 rings (SSSR count). The van der Waals surface area contributed by atoms with E-state index in [2.05, 4.69) is 25.0 Å². The van der Waals surface area contributed by atoms with Crippen LogP contribution in [0.3, 0.4) is 0 Å². The second kappa shape index (κ2) is 10.3. The van der Waals surface area contributed by atoms with E-state index < -0.39 is 9.84 Å². The van der Waals surface area contributed by atoms with E-state index in [9.17, 15) is 13.2 Å². The highest BCUT2D eigenvalue weighted by atomic mass is 32.2. The summed E-state index contributed by atoms with van der Waals surface area (Å²) in [6.07, 6.45) is 9.56. The Labute approximate surface area is 226 Å². The van der Waals surface area contributed by atoms with E-state index in [1.54, 1.807) is 41.3 Å².